The SMILES string of the molecule is Cc1cnc2c(S(=O)(=O)N3CCC(N4C(=O)OCc5cc(Cl)ccc54)CC3)cccc2c1. The minimum atomic E-state index is -3.72. The number of benzene rings is 2. The first-order valence-electron chi connectivity index (χ1n) is 10.4. The Kier molecular flexibility index (Phi) is 5.31. The molecule has 1 aromatic heterocycles. The molecular weight excluding hydrogens is 450 g/mol. The van der Waals surface area contributed by atoms with E-state index in [1.807, 2.05) is 25.1 Å². The summed E-state index contributed by atoms with van der Waals surface area (Å²) in [5.41, 5.74) is 3.08. The van der Waals surface area contributed by atoms with Crippen LogP contribution >= 0.6 is 11.6 Å². The highest BCUT2D eigenvalue weighted by Crippen LogP contribution is 2.35. The Morgan fingerprint density at radius 1 is 1.12 bits per heavy atom. The maximum Gasteiger partial charge on any atom is 0.414 e. The number of anilines is 1. The molecule has 5 rings (SSSR count). The normalized spacial score (nSPS) is 17.9. The fourth-order valence-electron chi connectivity index (χ4n) is 4.49. The zero-order chi connectivity index (χ0) is 22.5. The fraction of sp³-hybridized carbons (Fsp3) is 0.304. The van der Waals surface area contributed by atoms with Crippen LogP contribution in [0.1, 0.15) is 24.0 Å². The highest BCUT2D eigenvalue weighted by molar-refractivity contribution is 7.89. The van der Waals surface area contributed by atoms with Gasteiger partial charge in [0.05, 0.1) is 11.2 Å². The Balaban J connectivity index is 1.39. The number of aromatic nitrogens is 1. The molecule has 3 heterocycles. The maximum absolute atomic E-state index is 13.4. The van der Waals surface area contributed by atoms with Crippen molar-refractivity contribution in [3.8, 4) is 0 Å². The minimum absolute atomic E-state index is 0.150. The van der Waals surface area contributed by atoms with Crippen molar-refractivity contribution in [3.63, 3.8) is 0 Å². The van der Waals surface area contributed by atoms with E-state index in [2.05, 4.69) is 4.98 Å². The highest BCUT2D eigenvalue weighted by Gasteiger charge is 2.37. The van der Waals surface area contributed by atoms with Crippen molar-refractivity contribution in [2.45, 2.75) is 37.3 Å². The van der Waals surface area contributed by atoms with Gasteiger partial charge in [-0.15, -0.1) is 0 Å². The Labute approximate surface area is 191 Å². The first-order chi connectivity index (χ1) is 15.3. The number of piperidine rings is 1. The van der Waals surface area contributed by atoms with Gasteiger partial charge in [-0.05, 0) is 55.7 Å². The van der Waals surface area contributed by atoms with Crippen LogP contribution in [0.25, 0.3) is 10.9 Å². The summed E-state index contributed by atoms with van der Waals surface area (Å²) in [4.78, 5) is 18.8. The molecule has 0 spiro atoms. The summed E-state index contributed by atoms with van der Waals surface area (Å²) in [5, 5.41) is 1.38. The van der Waals surface area contributed by atoms with Crippen molar-refractivity contribution in [1.82, 2.24) is 9.29 Å². The summed E-state index contributed by atoms with van der Waals surface area (Å²) in [5.74, 6) is 0. The van der Waals surface area contributed by atoms with E-state index in [4.69, 9.17) is 16.3 Å². The average molecular weight is 472 g/mol. The van der Waals surface area contributed by atoms with Gasteiger partial charge in [0.15, 0.2) is 0 Å². The Bertz CT molecular complexity index is 1320. The first kappa shape index (κ1) is 21.2. The third-order valence-corrected chi connectivity index (χ3v) is 8.23. The number of amides is 1. The van der Waals surface area contributed by atoms with E-state index in [1.54, 1.807) is 35.4 Å². The molecule has 1 fully saturated rings. The van der Waals surface area contributed by atoms with Gasteiger partial charge in [0.1, 0.15) is 11.5 Å². The van der Waals surface area contributed by atoms with Crippen molar-refractivity contribution < 1.29 is 17.9 Å². The van der Waals surface area contributed by atoms with E-state index in [1.165, 1.54) is 4.31 Å². The summed E-state index contributed by atoms with van der Waals surface area (Å²) < 4.78 is 33.7. The van der Waals surface area contributed by atoms with Gasteiger partial charge < -0.3 is 4.74 Å². The van der Waals surface area contributed by atoms with Crippen LogP contribution in [-0.4, -0.2) is 42.9 Å². The van der Waals surface area contributed by atoms with Crippen LogP contribution in [0.5, 0.6) is 0 Å². The van der Waals surface area contributed by atoms with Gasteiger partial charge in [-0.25, -0.2) is 13.2 Å². The summed E-state index contributed by atoms with van der Waals surface area (Å²) >= 11 is 6.09. The second-order valence-electron chi connectivity index (χ2n) is 8.17. The molecular formula is C23H22ClN3O4S. The maximum atomic E-state index is 13.4. The van der Waals surface area contributed by atoms with Gasteiger partial charge in [0, 0.05) is 41.3 Å². The lowest BCUT2D eigenvalue weighted by Gasteiger charge is -2.39. The number of hydrogen-bond donors (Lipinski definition) is 0. The van der Waals surface area contributed by atoms with Crippen LogP contribution in [-0.2, 0) is 21.4 Å². The van der Waals surface area contributed by atoms with Gasteiger partial charge >= 0.3 is 6.09 Å². The monoisotopic (exact) mass is 471 g/mol. The molecule has 0 radical (unpaired) electrons. The Hall–Kier alpha value is -2.68. The number of carbonyl (C=O) groups excluding carboxylic acids is 1. The van der Waals surface area contributed by atoms with Crippen LogP contribution in [0, 0.1) is 6.92 Å². The number of rotatable bonds is 3. The molecule has 1 saturated heterocycles. The lowest BCUT2D eigenvalue weighted by Crippen LogP contribution is -2.50. The number of sulfonamides is 1. The van der Waals surface area contributed by atoms with Gasteiger partial charge in [-0.3, -0.25) is 9.88 Å². The molecule has 2 aliphatic rings. The second kappa shape index (κ2) is 8.03. The van der Waals surface area contributed by atoms with E-state index < -0.39 is 16.1 Å². The smallest absolute Gasteiger partial charge is 0.414 e. The average Bonchev–Trinajstić information content (AvgIpc) is 2.78. The summed E-state index contributed by atoms with van der Waals surface area (Å²) in [6.45, 7) is 2.73. The Morgan fingerprint density at radius 2 is 1.91 bits per heavy atom. The van der Waals surface area contributed by atoms with E-state index in [0.29, 0.717) is 36.5 Å². The van der Waals surface area contributed by atoms with Crippen LogP contribution in [0.15, 0.2) is 53.6 Å². The molecule has 0 aliphatic carbocycles. The number of para-hydroxylation sites is 1. The summed E-state index contributed by atoms with van der Waals surface area (Å²) in [6, 6.07) is 12.4. The van der Waals surface area contributed by atoms with E-state index >= 15 is 0 Å². The molecule has 3 aromatic rings. The molecule has 1 amide bonds. The number of cyclic esters (lactones) is 1. The van der Waals surface area contributed by atoms with E-state index in [-0.39, 0.29) is 17.5 Å². The molecule has 0 unspecified atom stereocenters. The quantitative estimate of drug-likeness (QED) is 0.561. The van der Waals surface area contributed by atoms with Crippen molar-refractivity contribution in [2.75, 3.05) is 18.0 Å². The largest absolute Gasteiger partial charge is 0.444 e. The van der Waals surface area contributed by atoms with E-state index in [0.717, 1.165) is 22.2 Å². The highest BCUT2D eigenvalue weighted by atomic mass is 35.5. The first-order valence-corrected chi connectivity index (χ1v) is 12.3. The molecule has 166 valence electrons. The molecule has 0 bridgehead atoms. The van der Waals surface area contributed by atoms with Gasteiger partial charge in [0.25, 0.3) is 0 Å². The molecule has 9 heteroatoms. The number of halogens is 1. The van der Waals surface area contributed by atoms with Crippen LogP contribution in [0.4, 0.5) is 10.5 Å². The molecule has 2 aliphatic heterocycles. The third kappa shape index (κ3) is 3.62. The number of fused-ring (bicyclic) bond motifs is 2. The Morgan fingerprint density at radius 3 is 2.69 bits per heavy atom. The zero-order valence-electron chi connectivity index (χ0n) is 17.5. The summed E-state index contributed by atoms with van der Waals surface area (Å²) in [7, 11) is -3.72. The van der Waals surface area contributed by atoms with Gasteiger partial charge in [0.2, 0.25) is 10.0 Å². The van der Waals surface area contributed by atoms with E-state index in [9.17, 15) is 13.2 Å². The molecule has 32 heavy (non-hydrogen) atoms. The number of carbonyl (C=O) groups is 1. The number of nitrogens with zero attached hydrogens (tertiary/aromatic N) is 3. The minimum Gasteiger partial charge on any atom is -0.444 e. The molecule has 7 nitrogen and oxygen atoms in total. The molecule has 2 aromatic carbocycles. The number of pyridine rings is 1. The molecule has 0 N–H and O–H groups in total. The number of hydrogen-bond acceptors (Lipinski definition) is 5. The standard InChI is InChI=1S/C23H22ClN3O4S/c1-15-11-16-3-2-4-21(22(16)25-13-15)32(29,30)26-9-7-19(8-10-26)27-20-6-5-18(24)12-17(20)14-31-23(27)28/h2-6,11-13,19H,7-10,14H2,1H3. The lowest BCUT2D eigenvalue weighted by molar-refractivity contribution is 0.136. The van der Waals surface area contributed by atoms with Crippen molar-refractivity contribution >= 4 is 44.3 Å². The predicted octanol–water partition coefficient (Wildman–Crippen LogP) is 4.51. The zero-order valence-corrected chi connectivity index (χ0v) is 19.1. The third-order valence-electron chi connectivity index (χ3n) is 6.07. The van der Waals surface area contributed by atoms with Gasteiger partial charge in [-0.2, -0.15) is 4.31 Å². The topological polar surface area (TPSA) is 79.8 Å². The van der Waals surface area contributed by atoms with Crippen molar-refractivity contribution in [1.29, 1.82) is 0 Å². The van der Waals surface area contributed by atoms with Crippen LogP contribution < -0.4 is 4.90 Å². The molecule has 0 atom stereocenters. The number of aryl methyl sites for hydroxylation is 1. The van der Waals surface area contributed by atoms with Crippen LogP contribution in [0.2, 0.25) is 5.02 Å². The number of ether oxygens (including phenoxy) is 1. The van der Waals surface area contributed by atoms with Crippen molar-refractivity contribution in [3.05, 3.63) is 64.8 Å². The van der Waals surface area contributed by atoms with Gasteiger partial charge in [-0.1, -0.05) is 23.7 Å². The van der Waals surface area contributed by atoms with Crippen LogP contribution in [0.3, 0.4) is 0 Å². The second-order valence-corrected chi connectivity index (χ2v) is 10.5. The molecule has 0 saturated carbocycles. The van der Waals surface area contributed by atoms with Crippen molar-refractivity contribution in [2.24, 2.45) is 0 Å². The summed E-state index contributed by atoms with van der Waals surface area (Å²) in [6.07, 6.45) is 2.29. The predicted molar refractivity (Wildman–Crippen MR) is 122 cm³/mol. The lowest BCUT2D eigenvalue weighted by atomic mass is 10.0. The fourth-order valence-corrected chi connectivity index (χ4v) is 6.32.